The summed E-state index contributed by atoms with van der Waals surface area (Å²) >= 11 is 0. The number of nitrogens with one attached hydrogen (secondary N) is 1. The summed E-state index contributed by atoms with van der Waals surface area (Å²) < 4.78 is 6.28. The van der Waals surface area contributed by atoms with Gasteiger partial charge in [-0.15, -0.1) is 0 Å². The number of hydrogen-bond donors (Lipinski definition) is 1. The summed E-state index contributed by atoms with van der Waals surface area (Å²) in [4.78, 5) is 0. The molecule has 2 nitrogen and oxygen atoms in total. The third-order valence-electron chi connectivity index (χ3n) is 7.96. The molecule has 1 aromatic carbocycles. The Labute approximate surface area is 166 Å². The predicted octanol–water partition coefficient (Wildman–Crippen LogP) is 6.02. The minimum absolute atomic E-state index is 0.439. The number of ether oxygens (including phenoxy) is 1. The molecule has 3 aliphatic rings. The van der Waals surface area contributed by atoms with Crippen LogP contribution in [-0.4, -0.2) is 19.2 Å². The summed E-state index contributed by atoms with van der Waals surface area (Å²) in [7, 11) is 0. The Morgan fingerprint density at radius 3 is 2.96 bits per heavy atom. The molecule has 0 radical (unpaired) electrons. The molecule has 27 heavy (non-hydrogen) atoms. The molecule has 1 N–H and O–H groups in total. The first-order valence-corrected chi connectivity index (χ1v) is 11.8. The molecule has 2 heteroatoms. The molecule has 4 rings (SSSR count). The number of piperidine rings is 1. The summed E-state index contributed by atoms with van der Waals surface area (Å²) in [6.07, 6.45) is 14.7. The van der Waals surface area contributed by atoms with Gasteiger partial charge in [0.1, 0.15) is 5.75 Å². The van der Waals surface area contributed by atoms with Crippen LogP contribution < -0.4 is 10.1 Å². The van der Waals surface area contributed by atoms with Gasteiger partial charge in [-0.05, 0) is 73.7 Å². The number of rotatable bonds is 8. The van der Waals surface area contributed by atoms with Gasteiger partial charge in [0.05, 0.1) is 6.61 Å². The molecular formula is C25H39NO. The van der Waals surface area contributed by atoms with Crippen molar-refractivity contribution in [1.29, 1.82) is 0 Å². The van der Waals surface area contributed by atoms with Gasteiger partial charge < -0.3 is 10.1 Å². The highest BCUT2D eigenvalue weighted by molar-refractivity contribution is 5.45. The molecule has 0 spiro atoms. The smallest absolute Gasteiger partial charge is 0.119 e. The van der Waals surface area contributed by atoms with E-state index >= 15 is 0 Å². The van der Waals surface area contributed by atoms with Gasteiger partial charge in [0.15, 0.2) is 0 Å². The fraction of sp³-hybridized carbons (Fsp3) is 0.760. The average Bonchev–Trinajstić information content (AvgIpc) is 2.71. The lowest BCUT2D eigenvalue weighted by Gasteiger charge is -2.56. The number of hydrogen-bond acceptors (Lipinski definition) is 2. The maximum absolute atomic E-state index is 6.28. The Hall–Kier alpha value is -1.02. The highest BCUT2D eigenvalue weighted by Crippen LogP contribution is 2.54. The van der Waals surface area contributed by atoms with Crippen molar-refractivity contribution < 1.29 is 4.74 Å². The maximum atomic E-state index is 6.28. The van der Waals surface area contributed by atoms with Crippen LogP contribution in [0.1, 0.15) is 89.2 Å². The van der Waals surface area contributed by atoms with E-state index in [1.54, 1.807) is 11.1 Å². The van der Waals surface area contributed by atoms with Gasteiger partial charge in [-0.1, -0.05) is 58.4 Å². The molecule has 1 unspecified atom stereocenters. The molecule has 0 aromatic heterocycles. The number of benzene rings is 1. The Bertz CT molecular complexity index is 623. The molecule has 1 saturated heterocycles. The zero-order valence-electron chi connectivity index (χ0n) is 17.6. The first-order valence-electron chi connectivity index (χ1n) is 11.8. The van der Waals surface area contributed by atoms with Crippen molar-refractivity contribution in [3.8, 4) is 5.75 Å². The summed E-state index contributed by atoms with van der Waals surface area (Å²) in [5.41, 5.74) is 3.68. The highest BCUT2D eigenvalue weighted by atomic mass is 16.5. The second kappa shape index (κ2) is 8.55. The number of fused-ring (bicyclic) bond motifs is 1. The second-order valence-electron chi connectivity index (χ2n) is 9.40. The van der Waals surface area contributed by atoms with E-state index in [-0.39, 0.29) is 0 Å². The largest absolute Gasteiger partial charge is 0.494 e. The SMILES string of the molecule is CCCCC(CC)CCOc1ccc2c(c1)[C@@]13CCCC[C@H]1[C@@H](C2)NCC3. The minimum Gasteiger partial charge on any atom is -0.494 e. The van der Waals surface area contributed by atoms with Crippen LogP contribution in [0.25, 0.3) is 0 Å². The van der Waals surface area contributed by atoms with Gasteiger partial charge in [-0.3, -0.25) is 0 Å². The van der Waals surface area contributed by atoms with E-state index in [1.807, 2.05) is 0 Å². The van der Waals surface area contributed by atoms with Crippen molar-refractivity contribution in [2.24, 2.45) is 11.8 Å². The van der Waals surface area contributed by atoms with Crippen molar-refractivity contribution >= 4 is 0 Å². The van der Waals surface area contributed by atoms with Crippen LogP contribution in [-0.2, 0) is 11.8 Å². The summed E-state index contributed by atoms with van der Waals surface area (Å²) in [6, 6.07) is 7.78. The average molecular weight is 370 g/mol. The van der Waals surface area contributed by atoms with Gasteiger partial charge in [-0.25, -0.2) is 0 Å². The van der Waals surface area contributed by atoms with Crippen LogP contribution in [0.3, 0.4) is 0 Å². The third-order valence-corrected chi connectivity index (χ3v) is 7.96. The predicted molar refractivity (Wildman–Crippen MR) is 114 cm³/mol. The van der Waals surface area contributed by atoms with Gasteiger partial charge in [-0.2, -0.15) is 0 Å². The zero-order valence-corrected chi connectivity index (χ0v) is 17.6. The Balaban J connectivity index is 1.47. The molecule has 1 aliphatic heterocycles. The van der Waals surface area contributed by atoms with Crippen molar-refractivity contribution in [2.75, 3.05) is 13.2 Å². The Kier molecular flexibility index (Phi) is 6.12. The molecule has 1 heterocycles. The lowest BCUT2D eigenvalue weighted by atomic mass is 9.53. The van der Waals surface area contributed by atoms with Gasteiger partial charge in [0.2, 0.25) is 0 Å². The molecule has 2 fully saturated rings. The normalized spacial score (nSPS) is 30.3. The molecular weight excluding hydrogens is 330 g/mol. The summed E-state index contributed by atoms with van der Waals surface area (Å²) in [5, 5.41) is 3.84. The monoisotopic (exact) mass is 369 g/mol. The van der Waals surface area contributed by atoms with Gasteiger partial charge >= 0.3 is 0 Å². The maximum Gasteiger partial charge on any atom is 0.119 e. The van der Waals surface area contributed by atoms with Crippen LogP contribution in [0.15, 0.2) is 18.2 Å². The van der Waals surface area contributed by atoms with Crippen LogP contribution in [0.5, 0.6) is 5.75 Å². The fourth-order valence-corrected chi connectivity index (χ4v) is 6.38. The molecule has 1 aromatic rings. The summed E-state index contributed by atoms with van der Waals surface area (Å²) in [6.45, 7) is 6.69. The van der Waals surface area contributed by atoms with Gasteiger partial charge in [0.25, 0.3) is 0 Å². The molecule has 2 bridgehead atoms. The molecule has 150 valence electrons. The van der Waals surface area contributed by atoms with Gasteiger partial charge in [0, 0.05) is 11.5 Å². The molecule has 0 amide bonds. The number of unbranched alkanes of at least 4 members (excludes halogenated alkanes) is 1. The molecule has 4 atom stereocenters. The Morgan fingerprint density at radius 2 is 2.11 bits per heavy atom. The van der Waals surface area contributed by atoms with E-state index in [4.69, 9.17) is 4.74 Å². The standard InChI is InChI=1S/C25H39NO/c1-3-5-8-19(4-2)12-16-27-21-11-10-20-17-24-22-9-6-7-13-25(22,14-15-26-24)23(20)18-21/h10-11,18-19,22,24,26H,3-9,12-17H2,1-2H3/t19?,22-,24+,25+/m0/s1. The van der Waals surface area contributed by atoms with Crippen molar-refractivity contribution in [1.82, 2.24) is 5.32 Å². The van der Waals surface area contributed by atoms with Crippen LogP contribution in [0.2, 0.25) is 0 Å². The summed E-state index contributed by atoms with van der Waals surface area (Å²) in [5.74, 6) is 2.80. The van der Waals surface area contributed by atoms with E-state index in [9.17, 15) is 0 Å². The van der Waals surface area contributed by atoms with E-state index in [1.165, 1.54) is 77.2 Å². The van der Waals surface area contributed by atoms with Crippen LogP contribution in [0, 0.1) is 11.8 Å². The zero-order chi connectivity index (χ0) is 18.7. The van der Waals surface area contributed by atoms with E-state index in [2.05, 4.69) is 37.4 Å². The minimum atomic E-state index is 0.439. The quantitative estimate of drug-likeness (QED) is 0.605. The van der Waals surface area contributed by atoms with Crippen LogP contribution >= 0.6 is 0 Å². The highest BCUT2D eigenvalue weighted by Gasteiger charge is 2.51. The van der Waals surface area contributed by atoms with Crippen LogP contribution in [0.4, 0.5) is 0 Å². The van der Waals surface area contributed by atoms with Crippen molar-refractivity contribution in [3.05, 3.63) is 29.3 Å². The van der Waals surface area contributed by atoms with E-state index < -0.39 is 0 Å². The van der Waals surface area contributed by atoms with Crippen molar-refractivity contribution in [2.45, 2.75) is 95.9 Å². The van der Waals surface area contributed by atoms with E-state index in [0.717, 1.165) is 24.2 Å². The lowest BCUT2D eigenvalue weighted by molar-refractivity contribution is 0.0794. The third kappa shape index (κ3) is 3.79. The van der Waals surface area contributed by atoms with Crippen molar-refractivity contribution in [3.63, 3.8) is 0 Å². The fourth-order valence-electron chi connectivity index (χ4n) is 6.38. The lowest BCUT2D eigenvalue weighted by Crippen LogP contribution is -2.59. The first-order chi connectivity index (χ1) is 13.3. The second-order valence-corrected chi connectivity index (χ2v) is 9.40. The molecule has 2 aliphatic carbocycles. The first kappa shape index (κ1) is 19.3. The van der Waals surface area contributed by atoms with E-state index in [0.29, 0.717) is 11.5 Å². The topological polar surface area (TPSA) is 21.3 Å². The Morgan fingerprint density at radius 1 is 1.19 bits per heavy atom. The molecule has 1 saturated carbocycles.